The van der Waals surface area contributed by atoms with Crippen LogP contribution in [0, 0.1) is 0 Å². The highest BCUT2D eigenvalue weighted by Gasteiger charge is 2.11. The molecule has 1 heteroatoms. The van der Waals surface area contributed by atoms with Gasteiger partial charge in [-0.1, -0.05) is 49.0 Å². The molecule has 0 aliphatic carbocycles. The fourth-order valence-corrected chi connectivity index (χ4v) is 2.87. The summed E-state index contributed by atoms with van der Waals surface area (Å²) in [4.78, 5) is 12.2. The molecule has 0 aromatic heterocycles. The summed E-state index contributed by atoms with van der Waals surface area (Å²) < 4.78 is 0. The zero-order valence-electron chi connectivity index (χ0n) is 9.73. The Morgan fingerprint density at radius 1 is 0.778 bits per heavy atom. The molecule has 4 aromatic rings. The average Bonchev–Trinajstić information content (AvgIpc) is 2.66. The van der Waals surface area contributed by atoms with Crippen molar-refractivity contribution in [3.8, 4) is 0 Å². The van der Waals surface area contributed by atoms with E-state index in [-0.39, 0.29) is 5.43 Å². The molecule has 0 radical (unpaired) electrons. The van der Waals surface area contributed by atoms with E-state index in [4.69, 9.17) is 0 Å². The second-order valence-corrected chi connectivity index (χ2v) is 4.68. The first-order valence-corrected chi connectivity index (χ1v) is 5.96. The van der Waals surface area contributed by atoms with Crippen LogP contribution in [0.4, 0.5) is 0 Å². The maximum Gasteiger partial charge on any atom is 0.193 e. The van der Waals surface area contributed by atoms with Gasteiger partial charge in [0, 0.05) is 16.0 Å². The molecule has 4 aromatic carbocycles. The van der Waals surface area contributed by atoms with E-state index in [0.717, 1.165) is 26.9 Å². The zero-order chi connectivity index (χ0) is 12.3. The van der Waals surface area contributed by atoms with Crippen molar-refractivity contribution in [2.45, 2.75) is 0 Å². The SMILES string of the molecule is C=c1c(=O)c2cccc3c4ccccc4cc1c23. The van der Waals surface area contributed by atoms with E-state index in [1.807, 2.05) is 24.3 Å². The van der Waals surface area contributed by atoms with Crippen molar-refractivity contribution in [3.63, 3.8) is 0 Å². The van der Waals surface area contributed by atoms with Crippen LogP contribution in [0.25, 0.3) is 38.9 Å². The maximum atomic E-state index is 12.2. The van der Waals surface area contributed by atoms with Gasteiger partial charge < -0.3 is 0 Å². The second kappa shape index (κ2) is 3.08. The predicted octanol–water partition coefficient (Wildman–Crippen LogP) is 3.07. The van der Waals surface area contributed by atoms with Crippen LogP contribution in [-0.4, -0.2) is 0 Å². The van der Waals surface area contributed by atoms with Gasteiger partial charge in [-0.05, 0) is 27.6 Å². The van der Waals surface area contributed by atoms with E-state index in [1.54, 1.807) is 0 Å². The molecule has 84 valence electrons. The molecule has 18 heavy (non-hydrogen) atoms. The van der Waals surface area contributed by atoms with Crippen molar-refractivity contribution in [1.29, 1.82) is 0 Å². The van der Waals surface area contributed by atoms with Crippen molar-refractivity contribution >= 4 is 38.9 Å². The predicted molar refractivity (Wildman–Crippen MR) is 77.2 cm³/mol. The minimum Gasteiger partial charge on any atom is -0.289 e. The Morgan fingerprint density at radius 3 is 2.39 bits per heavy atom. The minimum atomic E-state index is 0.0610. The lowest BCUT2D eigenvalue weighted by Gasteiger charge is -2.04. The van der Waals surface area contributed by atoms with E-state index in [9.17, 15) is 4.79 Å². The molecule has 0 atom stereocenters. The van der Waals surface area contributed by atoms with Gasteiger partial charge in [0.2, 0.25) is 0 Å². The molecule has 0 saturated heterocycles. The average molecular weight is 230 g/mol. The third kappa shape index (κ3) is 0.992. The third-order valence-corrected chi connectivity index (χ3v) is 3.73. The summed E-state index contributed by atoms with van der Waals surface area (Å²) in [5, 5.41) is 6.96. The van der Waals surface area contributed by atoms with Gasteiger partial charge in [-0.15, -0.1) is 0 Å². The van der Waals surface area contributed by atoms with Crippen LogP contribution in [0.3, 0.4) is 0 Å². The molecule has 1 nitrogen and oxygen atoms in total. The molecule has 4 rings (SSSR count). The summed E-state index contributed by atoms with van der Waals surface area (Å²) >= 11 is 0. The molecule has 0 saturated carbocycles. The topological polar surface area (TPSA) is 17.1 Å². The highest BCUT2D eigenvalue weighted by Crippen LogP contribution is 2.30. The van der Waals surface area contributed by atoms with Crippen molar-refractivity contribution < 1.29 is 0 Å². The van der Waals surface area contributed by atoms with Crippen LogP contribution in [0.5, 0.6) is 0 Å². The highest BCUT2D eigenvalue weighted by molar-refractivity contribution is 6.22. The Morgan fingerprint density at radius 2 is 1.50 bits per heavy atom. The fraction of sp³-hybridized carbons (Fsp3) is 0. The van der Waals surface area contributed by atoms with Gasteiger partial charge >= 0.3 is 0 Å². The van der Waals surface area contributed by atoms with Gasteiger partial charge in [0.15, 0.2) is 5.43 Å². The van der Waals surface area contributed by atoms with Crippen molar-refractivity contribution in [3.05, 3.63) is 64.0 Å². The standard InChI is InChI=1S/C17H10O/c1-10-15-9-11-5-2-3-6-12(11)13-7-4-8-14(16(13)15)17(10)18/h2-9H,1H2. The normalized spacial score (nSPS) is 11.8. The van der Waals surface area contributed by atoms with E-state index < -0.39 is 0 Å². The van der Waals surface area contributed by atoms with Gasteiger partial charge in [0.1, 0.15) is 0 Å². The summed E-state index contributed by atoms with van der Waals surface area (Å²) in [5.41, 5.74) is 0.0610. The van der Waals surface area contributed by atoms with E-state index in [2.05, 4.69) is 30.8 Å². The Kier molecular flexibility index (Phi) is 1.64. The fourth-order valence-electron chi connectivity index (χ4n) is 2.87. The Hall–Kier alpha value is -2.41. The molecular formula is C17H10O. The largest absolute Gasteiger partial charge is 0.289 e. The zero-order valence-corrected chi connectivity index (χ0v) is 9.73. The Bertz CT molecular complexity index is 999. The van der Waals surface area contributed by atoms with Crippen molar-refractivity contribution in [2.24, 2.45) is 0 Å². The molecule has 0 spiro atoms. The maximum absolute atomic E-state index is 12.2. The minimum absolute atomic E-state index is 0.0610. The number of fused-ring (bicyclic) bond motifs is 2. The Balaban J connectivity index is 2.54. The van der Waals surface area contributed by atoms with Crippen LogP contribution >= 0.6 is 0 Å². The lowest BCUT2D eigenvalue weighted by atomic mass is 9.99. The van der Waals surface area contributed by atoms with E-state index in [1.165, 1.54) is 5.39 Å². The quantitative estimate of drug-likeness (QED) is 0.424. The molecule has 0 amide bonds. The molecule has 0 aliphatic heterocycles. The first-order valence-electron chi connectivity index (χ1n) is 5.96. The second-order valence-electron chi connectivity index (χ2n) is 4.68. The molecule has 0 aliphatic rings. The van der Waals surface area contributed by atoms with Crippen LogP contribution < -0.4 is 10.6 Å². The molecule has 0 bridgehead atoms. The number of hydrogen-bond acceptors (Lipinski definition) is 1. The van der Waals surface area contributed by atoms with Crippen molar-refractivity contribution in [1.82, 2.24) is 0 Å². The highest BCUT2D eigenvalue weighted by atomic mass is 16.1. The first kappa shape index (κ1) is 9.60. The number of rotatable bonds is 0. The first-order chi connectivity index (χ1) is 8.77. The lowest BCUT2D eigenvalue weighted by Crippen LogP contribution is -2.16. The van der Waals surface area contributed by atoms with Gasteiger partial charge in [-0.2, -0.15) is 0 Å². The van der Waals surface area contributed by atoms with Crippen LogP contribution in [0.15, 0.2) is 53.3 Å². The lowest BCUT2D eigenvalue weighted by molar-refractivity contribution is 1.72. The van der Waals surface area contributed by atoms with E-state index >= 15 is 0 Å². The summed E-state index contributed by atoms with van der Waals surface area (Å²) in [7, 11) is 0. The molecular weight excluding hydrogens is 220 g/mol. The Labute approximate surface area is 103 Å². The summed E-state index contributed by atoms with van der Waals surface area (Å²) in [6.45, 7) is 3.93. The third-order valence-electron chi connectivity index (χ3n) is 3.73. The smallest absolute Gasteiger partial charge is 0.193 e. The molecule has 0 heterocycles. The van der Waals surface area contributed by atoms with Crippen molar-refractivity contribution in [2.75, 3.05) is 0 Å². The molecule has 0 unspecified atom stereocenters. The van der Waals surface area contributed by atoms with Gasteiger partial charge in [-0.25, -0.2) is 0 Å². The molecule has 0 fully saturated rings. The summed E-state index contributed by atoms with van der Waals surface area (Å²) in [6.07, 6.45) is 0. The van der Waals surface area contributed by atoms with Gasteiger partial charge in [-0.3, -0.25) is 4.79 Å². The van der Waals surface area contributed by atoms with Crippen LogP contribution in [0.1, 0.15) is 0 Å². The number of hydrogen-bond donors (Lipinski definition) is 0. The number of benzene rings is 3. The van der Waals surface area contributed by atoms with Gasteiger partial charge in [0.05, 0.1) is 0 Å². The van der Waals surface area contributed by atoms with Crippen LogP contribution in [0.2, 0.25) is 0 Å². The summed E-state index contributed by atoms with van der Waals surface area (Å²) in [6, 6.07) is 16.2. The summed E-state index contributed by atoms with van der Waals surface area (Å²) in [5.74, 6) is 0. The monoisotopic (exact) mass is 230 g/mol. The molecule has 0 N–H and O–H groups in total. The van der Waals surface area contributed by atoms with E-state index in [0.29, 0.717) is 5.22 Å². The van der Waals surface area contributed by atoms with Crippen LogP contribution in [-0.2, 0) is 0 Å². The van der Waals surface area contributed by atoms with Gasteiger partial charge in [0.25, 0.3) is 0 Å².